The smallest absolute Gasteiger partial charge is 0.262 e. The number of fused-ring (bicyclic) bond motifs is 1. The Morgan fingerprint density at radius 1 is 0.935 bits per heavy atom. The lowest BCUT2D eigenvalue weighted by Gasteiger charge is -2.15. The van der Waals surface area contributed by atoms with Gasteiger partial charge in [0, 0.05) is 24.0 Å². The quantitative estimate of drug-likeness (QED) is 0.476. The number of methoxy groups -OCH3 is 1. The molecule has 0 radical (unpaired) electrons. The average Bonchev–Trinajstić information content (AvgIpc) is 3.12. The minimum atomic E-state index is -3.80. The number of benzene rings is 2. The van der Waals surface area contributed by atoms with E-state index in [9.17, 15) is 8.42 Å². The summed E-state index contributed by atoms with van der Waals surface area (Å²) in [5.41, 5.74) is 6.48. The number of aromatic nitrogens is 2. The summed E-state index contributed by atoms with van der Waals surface area (Å²) in [7, 11) is -2.27. The van der Waals surface area contributed by atoms with Gasteiger partial charge in [0.1, 0.15) is 11.4 Å². The molecule has 7 heteroatoms. The molecule has 0 aliphatic rings. The van der Waals surface area contributed by atoms with Crippen molar-refractivity contribution in [2.24, 2.45) is 0 Å². The summed E-state index contributed by atoms with van der Waals surface area (Å²) >= 11 is 0. The lowest BCUT2D eigenvalue weighted by atomic mass is 10.1. The van der Waals surface area contributed by atoms with Crippen LogP contribution >= 0.6 is 0 Å². The molecule has 0 aliphatic heterocycles. The van der Waals surface area contributed by atoms with Gasteiger partial charge in [0.2, 0.25) is 0 Å². The van der Waals surface area contributed by atoms with Gasteiger partial charge in [0.05, 0.1) is 23.4 Å². The molecule has 31 heavy (non-hydrogen) atoms. The van der Waals surface area contributed by atoms with E-state index >= 15 is 0 Å². The summed E-state index contributed by atoms with van der Waals surface area (Å²) in [6.45, 7) is 7.56. The second kappa shape index (κ2) is 7.74. The van der Waals surface area contributed by atoms with Gasteiger partial charge in [-0.2, -0.15) is 0 Å². The molecule has 0 fully saturated rings. The van der Waals surface area contributed by atoms with Crippen LogP contribution in [0.25, 0.3) is 16.9 Å². The van der Waals surface area contributed by atoms with Crippen LogP contribution in [0.3, 0.4) is 0 Å². The molecule has 2 heterocycles. The van der Waals surface area contributed by atoms with Crippen LogP contribution in [0.2, 0.25) is 0 Å². The molecular weight excluding hydrogens is 410 g/mol. The number of ether oxygens (including phenoxy) is 1. The van der Waals surface area contributed by atoms with Gasteiger partial charge in [0.25, 0.3) is 10.0 Å². The fourth-order valence-corrected chi connectivity index (χ4v) is 5.00. The number of hydrogen-bond acceptors (Lipinski definition) is 4. The predicted molar refractivity (Wildman–Crippen MR) is 123 cm³/mol. The molecule has 4 aromatic rings. The molecule has 0 spiro atoms. The van der Waals surface area contributed by atoms with Crippen molar-refractivity contribution in [2.45, 2.75) is 32.6 Å². The number of pyridine rings is 1. The maximum absolute atomic E-state index is 13.2. The van der Waals surface area contributed by atoms with E-state index < -0.39 is 10.0 Å². The molecule has 0 atom stereocenters. The molecular formula is C24H25N3O3S. The summed E-state index contributed by atoms with van der Waals surface area (Å²) < 4.78 is 36.4. The van der Waals surface area contributed by atoms with Crippen LogP contribution in [-0.2, 0) is 10.0 Å². The van der Waals surface area contributed by atoms with Crippen molar-refractivity contribution in [1.29, 1.82) is 0 Å². The SMILES string of the molecule is COc1cc(S(=O)(=O)Nc2cc(-c3cn4ccc(C)cc4n3)ccc2C)c(C)cc1C. The second-order valence-corrected chi connectivity index (χ2v) is 9.47. The standard InChI is InChI=1S/C24H25N3O3S/c1-15-8-9-27-14-21(25-24(27)10-15)19-7-6-16(2)20(12-19)26-31(28,29)23-13-22(30-5)17(3)11-18(23)4/h6-14,26H,1-5H3. The van der Waals surface area contributed by atoms with Crippen molar-refractivity contribution < 1.29 is 13.2 Å². The zero-order chi connectivity index (χ0) is 22.3. The van der Waals surface area contributed by atoms with E-state index in [1.807, 2.05) is 74.0 Å². The number of nitrogens with zero attached hydrogens (tertiary/aromatic N) is 2. The molecule has 0 aliphatic carbocycles. The van der Waals surface area contributed by atoms with Crippen molar-refractivity contribution in [3.63, 3.8) is 0 Å². The summed E-state index contributed by atoms with van der Waals surface area (Å²) in [6, 6.07) is 13.1. The number of sulfonamides is 1. The van der Waals surface area contributed by atoms with Crippen molar-refractivity contribution in [2.75, 3.05) is 11.8 Å². The van der Waals surface area contributed by atoms with Crippen molar-refractivity contribution in [3.8, 4) is 17.0 Å². The van der Waals surface area contributed by atoms with E-state index in [4.69, 9.17) is 4.74 Å². The van der Waals surface area contributed by atoms with Crippen LogP contribution in [0.1, 0.15) is 22.3 Å². The largest absolute Gasteiger partial charge is 0.496 e. The van der Waals surface area contributed by atoms with Gasteiger partial charge in [-0.05, 0) is 68.1 Å². The summed E-state index contributed by atoms with van der Waals surface area (Å²) in [5.74, 6) is 0.538. The van der Waals surface area contributed by atoms with Crippen molar-refractivity contribution >= 4 is 21.4 Å². The maximum atomic E-state index is 13.2. The summed E-state index contributed by atoms with van der Waals surface area (Å²) in [6.07, 6.45) is 3.90. The molecule has 160 valence electrons. The number of hydrogen-bond donors (Lipinski definition) is 1. The fraction of sp³-hybridized carbons (Fsp3) is 0.208. The fourth-order valence-electron chi connectivity index (χ4n) is 3.64. The zero-order valence-electron chi connectivity index (χ0n) is 18.2. The monoisotopic (exact) mass is 435 g/mol. The Morgan fingerprint density at radius 3 is 2.45 bits per heavy atom. The van der Waals surface area contributed by atoms with Crippen LogP contribution in [0.4, 0.5) is 5.69 Å². The van der Waals surface area contributed by atoms with Gasteiger partial charge in [-0.1, -0.05) is 18.2 Å². The van der Waals surface area contributed by atoms with Crippen molar-refractivity contribution in [3.05, 3.63) is 77.1 Å². The van der Waals surface area contributed by atoms with E-state index in [1.165, 1.54) is 7.11 Å². The van der Waals surface area contributed by atoms with E-state index in [0.717, 1.165) is 33.6 Å². The van der Waals surface area contributed by atoms with Gasteiger partial charge >= 0.3 is 0 Å². The van der Waals surface area contributed by atoms with Crippen molar-refractivity contribution in [1.82, 2.24) is 9.38 Å². The highest BCUT2D eigenvalue weighted by atomic mass is 32.2. The highest BCUT2D eigenvalue weighted by molar-refractivity contribution is 7.92. The average molecular weight is 436 g/mol. The highest BCUT2D eigenvalue weighted by Crippen LogP contribution is 2.30. The maximum Gasteiger partial charge on any atom is 0.262 e. The molecule has 0 amide bonds. The molecule has 6 nitrogen and oxygen atoms in total. The van der Waals surface area contributed by atoms with Gasteiger partial charge in [-0.3, -0.25) is 4.72 Å². The first kappa shape index (κ1) is 20.9. The first-order valence-corrected chi connectivity index (χ1v) is 11.4. The first-order chi connectivity index (χ1) is 14.7. The molecule has 4 rings (SSSR count). The van der Waals surface area contributed by atoms with Gasteiger partial charge in [0.15, 0.2) is 0 Å². The number of rotatable bonds is 5. The van der Waals surface area contributed by atoms with Crippen LogP contribution < -0.4 is 9.46 Å². The molecule has 2 aromatic heterocycles. The van der Waals surface area contributed by atoms with Crippen LogP contribution in [0.5, 0.6) is 5.75 Å². The molecule has 0 saturated heterocycles. The Labute approximate surface area is 182 Å². The van der Waals surface area contributed by atoms with Crippen LogP contribution in [-0.4, -0.2) is 24.9 Å². The topological polar surface area (TPSA) is 72.7 Å². The third kappa shape index (κ3) is 4.01. The lowest BCUT2D eigenvalue weighted by Crippen LogP contribution is -2.15. The first-order valence-electron chi connectivity index (χ1n) is 9.92. The number of imidazole rings is 1. The highest BCUT2D eigenvalue weighted by Gasteiger charge is 2.20. The third-order valence-corrected chi connectivity index (χ3v) is 6.88. The molecule has 0 bridgehead atoms. The second-order valence-electron chi connectivity index (χ2n) is 7.82. The Morgan fingerprint density at radius 2 is 1.71 bits per heavy atom. The molecule has 2 aromatic carbocycles. The summed E-state index contributed by atoms with van der Waals surface area (Å²) in [5, 5.41) is 0. The Kier molecular flexibility index (Phi) is 5.23. The summed E-state index contributed by atoms with van der Waals surface area (Å²) in [4.78, 5) is 4.88. The minimum Gasteiger partial charge on any atom is -0.496 e. The number of nitrogens with one attached hydrogen (secondary N) is 1. The zero-order valence-corrected chi connectivity index (χ0v) is 19.0. The molecule has 1 N–H and O–H groups in total. The Balaban J connectivity index is 1.73. The minimum absolute atomic E-state index is 0.197. The van der Waals surface area contributed by atoms with Gasteiger partial charge in [-0.15, -0.1) is 0 Å². The van der Waals surface area contributed by atoms with Gasteiger partial charge < -0.3 is 9.14 Å². The predicted octanol–water partition coefficient (Wildman–Crippen LogP) is 5.04. The number of anilines is 1. The van der Waals surface area contributed by atoms with E-state index in [-0.39, 0.29) is 4.90 Å². The molecule has 0 unspecified atom stereocenters. The van der Waals surface area contributed by atoms with Crippen LogP contribution in [0.15, 0.2) is 59.8 Å². The Hall–Kier alpha value is -3.32. The third-order valence-electron chi connectivity index (χ3n) is 5.38. The van der Waals surface area contributed by atoms with E-state index in [1.54, 1.807) is 13.0 Å². The Bertz CT molecular complexity index is 1410. The lowest BCUT2D eigenvalue weighted by molar-refractivity contribution is 0.410. The van der Waals surface area contributed by atoms with Gasteiger partial charge in [-0.25, -0.2) is 13.4 Å². The molecule has 0 saturated carbocycles. The van der Waals surface area contributed by atoms with E-state index in [0.29, 0.717) is 17.0 Å². The number of aryl methyl sites for hydroxylation is 4. The normalized spacial score (nSPS) is 11.6. The van der Waals surface area contributed by atoms with E-state index in [2.05, 4.69) is 9.71 Å². The van der Waals surface area contributed by atoms with Crippen LogP contribution in [0, 0.1) is 27.7 Å².